The molecule has 0 spiro atoms. The second-order valence-electron chi connectivity index (χ2n) is 3.90. The first-order valence-electron chi connectivity index (χ1n) is 5.07. The van der Waals surface area contributed by atoms with E-state index in [4.69, 9.17) is 18.0 Å². The van der Waals surface area contributed by atoms with Crippen LogP contribution < -0.4 is 5.73 Å². The maximum atomic E-state index is 12.2. The highest BCUT2D eigenvalue weighted by molar-refractivity contribution is 7.80. The van der Waals surface area contributed by atoms with Crippen molar-refractivity contribution in [3.63, 3.8) is 0 Å². The molecule has 16 heavy (non-hydrogen) atoms. The van der Waals surface area contributed by atoms with Crippen molar-refractivity contribution in [1.82, 2.24) is 4.90 Å². The van der Waals surface area contributed by atoms with Gasteiger partial charge in [0.1, 0.15) is 0 Å². The fourth-order valence-corrected chi connectivity index (χ4v) is 2.31. The summed E-state index contributed by atoms with van der Waals surface area (Å²) in [7, 11) is 0. The van der Waals surface area contributed by atoms with Crippen LogP contribution in [0.5, 0.6) is 0 Å². The fourth-order valence-electron chi connectivity index (χ4n) is 1.35. The maximum Gasteiger partial charge on any atom is 0.264 e. The second-order valence-corrected chi connectivity index (χ2v) is 5.72. The Morgan fingerprint density at radius 2 is 2.19 bits per heavy atom. The monoisotopic (exact) mass is 256 g/mol. The number of aryl methyl sites for hydroxylation is 1. The molecule has 0 atom stereocenters. The first kappa shape index (κ1) is 13.1. The summed E-state index contributed by atoms with van der Waals surface area (Å²) >= 11 is 6.35. The van der Waals surface area contributed by atoms with Crippen LogP contribution in [0.1, 0.15) is 28.4 Å². The van der Waals surface area contributed by atoms with Crippen molar-refractivity contribution in [3.8, 4) is 0 Å². The molecule has 0 bridgehead atoms. The van der Waals surface area contributed by atoms with Gasteiger partial charge in [0.05, 0.1) is 16.4 Å². The Morgan fingerprint density at radius 3 is 2.56 bits per heavy atom. The van der Waals surface area contributed by atoms with Gasteiger partial charge in [0.15, 0.2) is 0 Å². The number of rotatable bonds is 4. The molecule has 5 heteroatoms. The normalized spacial score (nSPS) is 10.5. The standard InChI is InChI=1S/C11H16N2OS2/c1-7(2)13(6-10(12)15)11(14)9-5-4-8(3)16-9/h4-5,7H,6H2,1-3H3,(H2,12,15). The number of nitrogens with zero attached hydrogens (tertiary/aromatic N) is 1. The van der Waals surface area contributed by atoms with Crippen LogP contribution in [-0.2, 0) is 0 Å². The number of hydrogen-bond acceptors (Lipinski definition) is 3. The van der Waals surface area contributed by atoms with E-state index in [0.717, 1.165) is 9.75 Å². The molecule has 2 N–H and O–H groups in total. The topological polar surface area (TPSA) is 46.3 Å². The Labute approximate surface area is 105 Å². The van der Waals surface area contributed by atoms with Gasteiger partial charge in [-0.15, -0.1) is 11.3 Å². The van der Waals surface area contributed by atoms with Gasteiger partial charge < -0.3 is 10.6 Å². The predicted octanol–water partition coefficient (Wildman–Crippen LogP) is 2.19. The van der Waals surface area contributed by atoms with E-state index in [0.29, 0.717) is 11.5 Å². The Kier molecular flexibility index (Phi) is 4.44. The number of amides is 1. The molecule has 0 aliphatic carbocycles. The molecule has 1 aromatic heterocycles. The molecule has 0 aliphatic heterocycles. The third-order valence-electron chi connectivity index (χ3n) is 2.16. The summed E-state index contributed by atoms with van der Waals surface area (Å²) in [5.41, 5.74) is 5.49. The quantitative estimate of drug-likeness (QED) is 0.840. The molecule has 1 heterocycles. The minimum atomic E-state index is 0.000833. The zero-order chi connectivity index (χ0) is 12.3. The third-order valence-corrected chi connectivity index (χ3v) is 3.28. The lowest BCUT2D eigenvalue weighted by atomic mass is 10.3. The highest BCUT2D eigenvalue weighted by Gasteiger charge is 2.20. The van der Waals surface area contributed by atoms with Crippen LogP contribution in [0.15, 0.2) is 12.1 Å². The van der Waals surface area contributed by atoms with E-state index in [9.17, 15) is 4.79 Å². The molecule has 0 aromatic carbocycles. The average Bonchev–Trinajstić information content (AvgIpc) is 2.59. The van der Waals surface area contributed by atoms with Gasteiger partial charge in [-0.25, -0.2) is 0 Å². The summed E-state index contributed by atoms with van der Waals surface area (Å²) in [5, 5.41) is 0. The van der Waals surface area contributed by atoms with Crippen LogP contribution in [-0.4, -0.2) is 28.4 Å². The molecule has 0 saturated carbocycles. The molecule has 0 fully saturated rings. The molecule has 88 valence electrons. The Hall–Kier alpha value is -0.940. The second kappa shape index (κ2) is 5.41. The summed E-state index contributed by atoms with van der Waals surface area (Å²) in [6.07, 6.45) is 0. The van der Waals surface area contributed by atoms with E-state index < -0.39 is 0 Å². The van der Waals surface area contributed by atoms with E-state index in [-0.39, 0.29) is 11.9 Å². The number of carbonyl (C=O) groups is 1. The van der Waals surface area contributed by atoms with E-state index in [1.54, 1.807) is 4.90 Å². The van der Waals surface area contributed by atoms with Crippen molar-refractivity contribution in [1.29, 1.82) is 0 Å². The lowest BCUT2D eigenvalue weighted by Crippen LogP contribution is -2.41. The first-order valence-corrected chi connectivity index (χ1v) is 6.30. The van der Waals surface area contributed by atoms with Crippen molar-refractivity contribution in [2.45, 2.75) is 26.8 Å². The zero-order valence-corrected chi connectivity index (χ0v) is 11.3. The Morgan fingerprint density at radius 1 is 1.56 bits per heavy atom. The lowest BCUT2D eigenvalue weighted by Gasteiger charge is -2.25. The first-order chi connectivity index (χ1) is 7.41. The van der Waals surface area contributed by atoms with E-state index in [1.165, 1.54) is 11.3 Å². The van der Waals surface area contributed by atoms with Crippen LogP contribution in [0.4, 0.5) is 0 Å². The highest BCUT2D eigenvalue weighted by atomic mass is 32.1. The van der Waals surface area contributed by atoms with Crippen molar-refractivity contribution < 1.29 is 4.79 Å². The molecule has 1 aromatic rings. The fraction of sp³-hybridized carbons (Fsp3) is 0.455. The van der Waals surface area contributed by atoms with Gasteiger partial charge in [0.25, 0.3) is 5.91 Å². The van der Waals surface area contributed by atoms with Crippen LogP contribution in [0.3, 0.4) is 0 Å². The van der Waals surface area contributed by atoms with Gasteiger partial charge in [-0.1, -0.05) is 12.2 Å². The van der Waals surface area contributed by atoms with Gasteiger partial charge in [-0.05, 0) is 32.9 Å². The molecule has 0 radical (unpaired) electrons. The minimum Gasteiger partial charge on any atom is -0.392 e. The average molecular weight is 256 g/mol. The number of nitrogens with two attached hydrogens (primary N) is 1. The van der Waals surface area contributed by atoms with Crippen molar-refractivity contribution >= 4 is 34.5 Å². The van der Waals surface area contributed by atoms with Crippen LogP contribution in [0.25, 0.3) is 0 Å². The van der Waals surface area contributed by atoms with Gasteiger partial charge in [0.2, 0.25) is 0 Å². The molecule has 0 aliphatic rings. The predicted molar refractivity (Wildman–Crippen MR) is 72.0 cm³/mol. The van der Waals surface area contributed by atoms with Crippen molar-refractivity contribution in [3.05, 3.63) is 21.9 Å². The summed E-state index contributed by atoms with van der Waals surface area (Å²) < 4.78 is 0. The maximum absolute atomic E-state index is 12.2. The molecule has 1 amide bonds. The highest BCUT2D eigenvalue weighted by Crippen LogP contribution is 2.18. The zero-order valence-electron chi connectivity index (χ0n) is 9.69. The molecule has 0 saturated heterocycles. The van der Waals surface area contributed by atoms with Crippen molar-refractivity contribution in [2.75, 3.05) is 6.54 Å². The number of carbonyl (C=O) groups excluding carboxylic acids is 1. The lowest BCUT2D eigenvalue weighted by molar-refractivity contribution is 0.0741. The van der Waals surface area contributed by atoms with Gasteiger partial charge >= 0.3 is 0 Å². The minimum absolute atomic E-state index is 0.000833. The number of hydrogen-bond donors (Lipinski definition) is 1. The van der Waals surface area contributed by atoms with Crippen molar-refractivity contribution in [2.24, 2.45) is 5.73 Å². The van der Waals surface area contributed by atoms with E-state index in [2.05, 4.69) is 0 Å². The van der Waals surface area contributed by atoms with Crippen LogP contribution in [0.2, 0.25) is 0 Å². The van der Waals surface area contributed by atoms with E-state index in [1.807, 2.05) is 32.9 Å². The summed E-state index contributed by atoms with van der Waals surface area (Å²) in [6, 6.07) is 3.88. The summed E-state index contributed by atoms with van der Waals surface area (Å²) in [6.45, 7) is 6.23. The van der Waals surface area contributed by atoms with Crippen LogP contribution >= 0.6 is 23.6 Å². The molecule has 1 rings (SSSR count). The molecular weight excluding hydrogens is 240 g/mol. The Bertz CT molecular complexity index is 398. The third kappa shape index (κ3) is 3.28. The van der Waals surface area contributed by atoms with Gasteiger partial charge in [-0.3, -0.25) is 4.79 Å². The molecule has 3 nitrogen and oxygen atoms in total. The smallest absolute Gasteiger partial charge is 0.264 e. The number of thiophene rings is 1. The largest absolute Gasteiger partial charge is 0.392 e. The van der Waals surface area contributed by atoms with Gasteiger partial charge in [-0.2, -0.15) is 0 Å². The van der Waals surface area contributed by atoms with Gasteiger partial charge in [0, 0.05) is 10.9 Å². The summed E-state index contributed by atoms with van der Waals surface area (Å²) in [5.74, 6) is 0.000833. The van der Waals surface area contributed by atoms with E-state index >= 15 is 0 Å². The summed E-state index contributed by atoms with van der Waals surface area (Å²) in [4.78, 5) is 16.1. The number of thiocarbonyl (C=S) groups is 1. The molecule has 0 unspecified atom stereocenters. The molecular formula is C11H16N2OS2. The SMILES string of the molecule is Cc1ccc(C(=O)N(CC(N)=S)C(C)C)s1. The van der Waals surface area contributed by atoms with Crippen LogP contribution in [0, 0.1) is 6.92 Å². The Balaban J connectivity index is 2.87.